The average molecular weight is 164 g/mol. The van der Waals surface area contributed by atoms with E-state index in [1.807, 2.05) is 13.8 Å². The van der Waals surface area contributed by atoms with Crippen molar-refractivity contribution in [3.63, 3.8) is 0 Å². The minimum atomic E-state index is -0.272. The van der Waals surface area contributed by atoms with Crippen molar-refractivity contribution in [1.29, 1.82) is 0 Å². The third kappa shape index (κ3) is 1.09. The van der Waals surface area contributed by atoms with Gasteiger partial charge in [0.15, 0.2) is 0 Å². The van der Waals surface area contributed by atoms with Crippen LogP contribution in [0, 0.1) is 0 Å². The largest absolute Gasteiger partial charge is 0.0855 e. The van der Waals surface area contributed by atoms with E-state index in [-0.39, 0.29) is 12.1 Å². The van der Waals surface area contributed by atoms with Crippen LogP contribution in [-0.2, 0) is 0 Å². The topological polar surface area (TPSA) is 97.5 Å². The molecule has 0 radical (unpaired) electrons. The van der Waals surface area contributed by atoms with Gasteiger partial charge in [0, 0.05) is 9.82 Å². The summed E-state index contributed by atoms with van der Waals surface area (Å²) in [6.45, 7) is 3.75. The van der Waals surface area contributed by atoms with Gasteiger partial charge in [0.1, 0.15) is 0 Å². The van der Waals surface area contributed by atoms with Gasteiger partial charge in [-0.15, -0.1) is 0 Å². The van der Waals surface area contributed by atoms with Gasteiger partial charge in [0.2, 0.25) is 0 Å². The summed E-state index contributed by atoms with van der Waals surface area (Å²) in [4.78, 5) is 5.37. The van der Waals surface area contributed by atoms with Crippen molar-refractivity contribution in [3.05, 3.63) is 32.0 Å². The van der Waals surface area contributed by atoms with E-state index in [0.717, 1.165) is 11.1 Å². The fourth-order valence-electron chi connectivity index (χ4n) is 1.25. The summed E-state index contributed by atoms with van der Waals surface area (Å²) in [5.41, 5.74) is 18.4. The van der Waals surface area contributed by atoms with E-state index in [4.69, 9.17) is 11.1 Å². The van der Waals surface area contributed by atoms with Crippen molar-refractivity contribution in [2.24, 2.45) is 10.2 Å². The van der Waals surface area contributed by atoms with Crippen LogP contribution in [0.4, 0.5) is 0 Å². The van der Waals surface area contributed by atoms with Crippen LogP contribution < -0.4 is 0 Å². The number of hydrogen-bond acceptors (Lipinski definition) is 2. The lowest BCUT2D eigenvalue weighted by atomic mass is 9.81. The fraction of sp³-hybridized carbons (Fsp3) is 0.667. The van der Waals surface area contributed by atoms with Gasteiger partial charge in [-0.3, -0.25) is 0 Å². The van der Waals surface area contributed by atoms with Crippen LogP contribution in [0.2, 0.25) is 0 Å². The lowest BCUT2D eigenvalue weighted by Gasteiger charge is -2.32. The van der Waals surface area contributed by atoms with Crippen molar-refractivity contribution < 1.29 is 0 Å². The molecule has 0 heterocycles. The van der Waals surface area contributed by atoms with Crippen molar-refractivity contribution in [3.8, 4) is 0 Å². The highest BCUT2D eigenvalue weighted by Crippen LogP contribution is 2.33. The highest BCUT2D eigenvalue weighted by molar-refractivity contribution is 5.37. The van der Waals surface area contributed by atoms with E-state index in [2.05, 4.69) is 20.1 Å². The lowest BCUT2D eigenvalue weighted by Crippen LogP contribution is -2.35. The fourth-order valence-corrected chi connectivity index (χ4v) is 1.25. The monoisotopic (exact) mass is 164 g/mol. The molecule has 62 valence electrons. The van der Waals surface area contributed by atoms with Crippen molar-refractivity contribution in [2.75, 3.05) is 0 Å². The minimum Gasteiger partial charge on any atom is -0.0855 e. The standard InChI is InChI=1S/C6H8N6/c1-3-4(2)6(10-12-8)5(3)9-11-7/h5-6H,1-2H3/t5-,6+. The predicted molar refractivity (Wildman–Crippen MR) is 44.2 cm³/mol. The minimum absolute atomic E-state index is 0.272. The molecule has 6 nitrogen and oxygen atoms in total. The molecule has 0 N–H and O–H groups in total. The van der Waals surface area contributed by atoms with Crippen molar-refractivity contribution in [2.45, 2.75) is 25.9 Å². The van der Waals surface area contributed by atoms with E-state index in [9.17, 15) is 0 Å². The van der Waals surface area contributed by atoms with E-state index >= 15 is 0 Å². The van der Waals surface area contributed by atoms with Crippen molar-refractivity contribution in [1.82, 2.24) is 0 Å². The summed E-state index contributed by atoms with van der Waals surface area (Å²) in [6, 6.07) is -0.545. The second kappa shape index (κ2) is 3.17. The van der Waals surface area contributed by atoms with Crippen LogP contribution in [0.15, 0.2) is 21.4 Å². The zero-order valence-electron chi connectivity index (χ0n) is 6.84. The maximum absolute atomic E-state index is 8.19. The van der Waals surface area contributed by atoms with Gasteiger partial charge in [0.25, 0.3) is 0 Å². The van der Waals surface area contributed by atoms with Crippen LogP contribution in [-0.4, -0.2) is 12.1 Å². The van der Waals surface area contributed by atoms with Gasteiger partial charge in [0.05, 0.1) is 12.1 Å². The van der Waals surface area contributed by atoms with Crippen molar-refractivity contribution >= 4 is 0 Å². The van der Waals surface area contributed by atoms with Gasteiger partial charge < -0.3 is 0 Å². The Labute approximate surface area is 69.1 Å². The molecule has 2 atom stereocenters. The lowest BCUT2D eigenvalue weighted by molar-refractivity contribution is 0.560. The number of azide groups is 2. The molecule has 0 aromatic heterocycles. The van der Waals surface area contributed by atoms with Gasteiger partial charge >= 0.3 is 0 Å². The summed E-state index contributed by atoms with van der Waals surface area (Å²) < 4.78 is 0. The third-order valence-electron chi connectivity index (χ3n) is 2.16. The van der Waals surface area contributed by atoms with E-state index in [1.54, 1.807) is 0 Å². The van der Waals surface area contributed by atoms with E-state index in [1.165, 1.54) is 0 Å². The average Bonchev–Trinajstić information content (AvgIpc) is 2.10. The normalized spacial score (nSPS) is 26.8. The zero-order chi connectivity index (χ0) is 9.14. The molecule has 0 bridgehead atoms. The Bertz CT molecular complexity index is 285. The summed E-state index contributed by atoms with van der Waals surface area (Å²) in [7, 11) is 0. The third-order valence-corrected chi connectivity index (χ3v) is 2.16. The van der Waals surface area contributed by atoms with Crippen LogP contribution >= 0.6 is 0 Å². The Morgan fingerprint density at radius 1 is 1.00 bits per heavy atom. The molecule has 0 aromatic carbocycles. The molecule has 0 unspecified atom stereocenters. The summed E-state index contributed by atoms with van der Waals surface area (Å²) in [6.07, 6.45) is 0. The van der Waals surface area contributed by atoms with Crippen LogP contribution in [0.3, 0.4) is 0 Å². The molecule has 0 spiro atoms. The first-order valence-corrected chi connectivity index (χ1v) is 3.48. The summed E-state index contributed by atoms with van der Waals surface area (Å²) >= 11 is 0. The maximum Gasteiger partial charge on any atom is 0.0706 e. The Morgan fingerprint density at radius 3 is 1.58 bits per heavy atom. The highest BCUT2D eigenvalue weighted by atomic mass is 15.2. The molecule has 0 amide bonds. The van der Waals surface area contributed by atoms with E-state index < -0.39 is 0 Å². The maximum atomic E-state index is 8.19. The quantitative estimate of drug-likeness (QED) is 0.259. The predicted octanol–water partition coefficient (Wildman–Crippen LogP) is 2.69. The first-order valence-electron chi connectivity index (χ1n) is 3.48. The number of nitrogens with zero attached hydrogens (tertiary/aromatic N) is 6. The number of hydrogen-bond donors (Lipinski definition) is 0. The smallest absolute Gasteiger partial charge is 0.0706 e. The Kier molecular flexibility index (Phi) is 2.24. The molecule has 0 fully saturated rings. The molecule has 1 aliphatic carbocycles. The molecular weight excluding hydrogens is 156 g/mol. The molecule has 0 aliphatic heterocycles. The molecule has 6 heteroatoms. The van der Waals surface area contributed by atoms with Crippen LogP contribution in [0.25, 0.3) is 20.9 Å². The zero-order valence-corrected chi connectivity index (χ0v) is 6.84. The molecule has 12 heavy (non-hydrogen) atoms. The first-order chi connectivity index (χ1) is 5.72. The molecule has 0 saturated carbocycles. The van der Waals surface area contributed by atoms with Gasteiger partial charge in [-0.05, 0) is 24.9 Å². The summed E-state index contributed by atoms with van der Waals surface area (Å²) in [5, 5.41) is 7.04. The molecule has 0 saturated heterocycles. The van der Waals surface area contributed by atoms with Crippen LogP contribution in [0.5, 0.6) is 0 Å². The first kappa shape index (κ1) is 8.46. The van der Waals surface area contributed by atoms with E-state index in [0.29, 0.717) is 0 Å². The summed E-state index contributed by atoms with van der Waals surface area (Å²) in [5.74, 6) is 0. The highest BCUT2D eigenvalue weighted by Gasteiger charge is 2.33. The second-order valence-corrected chi connectivity index (χ2v) is 2.67. The second-order valence-electron chi connectivity index (χ2n) is 2.67. The van der Waals surface area contributed by atoms with Gasteiger partial charge in [-0.25, -0.2) is 0 Å². The molecular formula is C6H8N6. The molecule has 0 aromatic rings. The SMILES string of the molecule is CC1=C(C)[C@H](N=[N+]=[N-])[C@@H]1N=[N+]=[N-]. The van der Waals surface area contributed by atoms with Crippen LogP contribution in [0.1, 0.15) is 13.8 Å². The number of rotatable bonds is 2. The molecule has 1 aliphatic rings. The van der Waals surface area contributed by atoms with Gasteiger partial charge in [-0.2, -0.15) is 0 Å². The van der Waals surface area contributed by atoms with Gasteiger partial charge in [-0.1, -0.05) is 21.4 Å². The Morgan fingerprint density at radius 2 is 1.33 bits per heavy atom. The molecule has 1 rings (SSSR count). The Hall–Kier alpha value is -1.64. The Balaban J connectivity index is 2.92.